The third-order valence-electron chi connectivity index (χ3n) is 5.04. The second kappa shape index (κ2) is 7.29. The summed E-state index contributed by atoms with van der Waals surface area (Å²) in [6, 6.07) is 0. The van der Waals surface area contributed by atoms with E-state index in [9.17, 15) is 27.9 Å². The van der Waals surface area contributed by atoms with Gasteiger partial charge in [-0.25, -0.2) is 4.79 Å². The summed E-state index contributed by atoms with van der Waals surface area (Å²) < 4.78 is 43.6. The van der Waals surface area contributed by atoms with Crippen molar-refractivity contribution in [3.05, 3.63) is 27.4 Å². The molecule has 2 heterocycles. The van der Waals surface area contributed by atoms with Gasteiger partial charge in [-0.3, -0.25) is 4.79 Å². The first kappa shape index (κ1) is 19.6. The second-order valence-corrected chi connectivity index (χ2v) is 8.01. The predicted octanol–water partition coefficient (Wildman–Crippen LogP) is 4.20. The van der Waals surface area contributed by atoms with Gasteiger partial charge in [-0.2, -0.15) is 18.2 Å². The highest BCUT2D eigenvalue weighted by Gasteiger charge is 2.38. The van der Waals surface area contributed by atoms with Crippen LogP contribution in [0.1, 0.15) is 48.4 Å². The lowest BCUT2D eigenvalue weighted by Crippen LogP contribution is -2.16. The number of amides is 1. The van der Waals surface area contributed by atoms with Crippen molar-refractivity contribution >= 4 is 28.2 Å². The number of nitrogens with zero attached hydrogens (tertiary/aromatic N) is 2. The highest BCUT2D eigenvalue weighted by Crippen LogP contribution is 2.44. The van der Waals surface area contributed by atoms with E-state index >= 15 is 0 Å². The first-order valence-electron chi connectivity index (χ1n) is 9.08. The van der Waals surface area contributed by atoms with Crippen LogP contribution in [0.3, 0.4) is 0 Å². The molecule has 4 rings (SSSR count). The molecule has 0 spiro atoms. The van der Waals surface area contributed by atoms with Crippen molar-refractivity contribution in [3.8, 4) is 11.5 Å². The number of thiophene rings is 1. The summed E-state index contributed by atoms with van der Waals surface area (Å²) in [6.45, 7) is 0. The third-order valence-corrected chi connectivity index (χ3v) is 6.25. The lowest BCUT2D eigenvalue weighted by molar-refractivity contribution is -0.146. The monoisotopic (exact) mass is 427 g/mol. The van der Waals surface area contributed by atoms with Gasteiger partial charge < -0.3 is 14.9 Å². The molecule has 0 unspecified atom stereocenters. The Morgan fingerprint density at radius 2 is 1.79 bits per heavy atom. The fraction of sp³-hybridized carbons (Fsp3) is 0.444. The van der Waals surface area contributed by atoms with Crippen LogP contribution < -0.4 is 5.32 Å². The summed E-state index contributed by atoms with van der Waals surface area (Å²) in [5.41, 5.74) is 1.36. The summed E-state index contributed by atoms with van der Waals surface area (Å²) in [5, 5.41) is 15.3. The molecule has 29 heavy (non-hydrogen) atoms. The molecule has 0 saturated carbocycles. The normalized spacial score (nSPS) is 16.8. The number of hydrogen-bond donors (Lipinski definition) is 2. The van der Waals surface area contributed by atoms with Gasteiger partial charge in [0.25, 0.3) is 17.6 Å². The number of aliphatic carboxylic acids is 1. The van der Waals surface area contributed by atoms with Gasteiger partial charge in [-0.05, 0) is 50.5 Å². The fourth-order valence-electron chi connectivity index (χ4n) is 3.73. The lowest BCUT2D eigenvalue weighted by atomic mass is 9.95. The van der Waals surface area contributed by atoms with Crippen LogP contribution in [0.4, 0.5) is 18.2 Å². The fourth-order valence-corrected chi connectivity index (χ4v) is 5.01. The van der Waals surface area contributed by atoms with Crippen molar-refractivity contribution in [2.45, 2.75) is 51.1 Å². The third kappa shape index (κ3) is 3.66. The molecule has 7 nitrogen and oxygen atoms in total. The van der Waals surface area contributed by atoms with Gasteiger partial charge in [0.1, 0.15) is 5.00 Å². The maximum Gasteiger partial charge on any atom is 0.455 e. The maximum absolute atomic E-state index is 12.9. The maximum atomic E-state index is 12.9. The van der Waals surface area contributed by atoms with Crippen molar-refractivity contribution in [1.29, 1.82) is 0 Å². The molecule has 0 atom stereocenters. The number of carbonyl (C=O) groups is 2. The molecular weight excluding hydrogens is 411 g/mol. The Kier molecular flexibility index (Phi) is 4.93. The number of halogens is 3. The van der Waals surface area contributed by atoms with E-state index in [0.717, 1.165) is 29.7 Å². The Bertz CT molecular complexity index is 1020. The van der Waals surface area contributed by atoms with Crippen molar-refractivity contribution < 1.29 is 32.4 Å². The van der Waals surface area contributed by atoms with Crippen molar-refractivity contribution in [2.24, 2.45) is 0 Å². The number of carbonyl (C=O) groups excluding carboxylic acids is 1. The smallest absolute Gasteiger partial charge is 0.455 e. The van der Waals surface area contributed by atoms with Crippen molar-refractivity contribution in [3.63, 3.8) is 0 Å². The van der Waals surface area contributed by atoms with Crippen molar-refractivity contribution in [1.82, 2.24) is 10.1 Å². The predicted molar refractivity (Wildman–Crippen MR) is 96.4 cm³/mol. The average Bonchev–Trinajstić information content (AvgIpc) is 3.38. The number of fused-ring (bicyclic) bond motifs is 1. The minimum Gasteiger partial charge on any atom is -0.478 e. The second-order valence-electron chi connectivity index (χ2n) is 6.91. The van der Waals surface area contributed by atoms with E-state index in [1.807, 2.05) is 0 Å². The number of carboxylic acid groups (broad SMARTS) is 1. The average molecular weight is 427 g/mol. The number of carboxylic acids is 1. The zero-order chi connectivity index (χ0) is 20.8. The van der Waals surface area contributed by atoms with Crippen LogP contribution in [0, 0.1) is 0 Å². The standard InChI is InChI=1S/C18H16F3N3O4S/c19-18(20,21)17-23-14(28-24-17)12-10-4-1-2-7-11(10)29-15(12)22-13(25)8-5-3-6-9(8)16(26)27/h1-7H2,(H,22,25)(H,26,27). The summed E-state index contributed by atoms with van der Waals surface area (Å²) in [7, 11) is 0. The van der Waals surface area contributed by atoms with E-state index in [-0.39, 0.29) is 17.0 Å². The molecule has 2 aromatic rings. The zero-order valence-corrected chi connectivity index (χ0v) is 15.9. The van der Waals surface area contributed by atoms with Gasteiger partial charge >= 0.3 is 12.1 Å². The molecule has 2 aromatic heterocycles. The zero-order valence-electron chi connectivity index (χ0n) is 15.1. The summed E-state index contributed by atoms with van der Waals surface area (Å²) >= 11 is 1.26. The van der Waals surface area contributed by atoms with Crippen LogP contribution >= 0.6 is 11.3 Å². The number of aromatic nitrogens is 2. The molecule has 0 saturated heterocycles. The molecule has 2 aliphatic rings. The Morgan fingerprint density at radius 1 is 1.07 bits per heavy atom. The van der Waals surface area contributed by atoms with Gasteiger partial charge in [0.15, 0.2) is 0 Å². The molecule has 0 aliphatic heterocycles. The first-order chi connectivity index (χ1) is 13.8. The molecule has 0 bridgehead atoms. The molecule has 1 amide bonds. The number of anilines is 1. The molecular formula is C18H16F3N3O4S. The number of aryl methyl sites for hydroxylation is 1. The molecule has 0 aromatic carbocycles. The molecule has 11 heteroatoms. The summed E-state index contributed by atoms with van der Waals surface area (Å²) in [6.07, 6.45) is -0.360. The highest BCUT2D eigenvalue weighted by molar-refractivity contribution is 7.17. The van der Waals surface area contributed by atoms with Crippen LogP contribution in [0.5, 0.6) is 0 Å². The topological polar surface area (TPSA) is 105 Å². The van der Waals surface area contributed by atoms with Gasteiger partial charge in [-0.1, -0.05) is 5.16 Å². The van der Waals surface area contributed by atoms with Crippen LogP contribution in [-0.4, -0.2) is 27.1 Å². The van der Waals surface area contributed by atoms with Gasteiger partial charge in [0.05, 0.1) is 5.56 Å². The Balaban J connectivity index is 1.73. The quantitative estimate of drug-likeness (QED) is 0.758. The largest absolute Gasteiger partial charge is 0.478 e. The van der Waals surface area contributed by atoms with E-state index in [0.29, 0.717) is 36.2 Å². The lowest BCUT2D eigenvalue weighted by Gasteiger charge is -2.11. The van der Waals surface area contributed by atoms with E-state index < -0.39 is 23.9 Å². The van der Waals surface area contributed by atoms with Crippen LogP contribution in [-0.2, 0) is 28.6 Å². The number of hydrogen-bond acceptors (Lipinski definition) is 6. The first-order valence-corrected chi connectivity index (χ1v) is 9.90. The molecule has 2 aliphatic carbocycles. The van der Waals surface area contributed by atoms with Gasteiger partial charge in [0, 0.05) is 16.0 Å². The van der Waals surface area contributed by atoms with Crippen LogP contribution in [0.25, 0.3) is 11.5 Å². The van der Waals surface area contributed by atoms with E-state index in [2.05, 4.69) is 15.5 Å². The molecule has 2 N–H and O–H groups in total. The van der Waals surface area contributed by atoms with E-state index in [4.69, 9.17) is 4.52 Å². The SMILES string of the molecule is O=C(O)C1=C(C(=O)Nc2sc3c(c2-c2nc(C(F)(F)F)no2)CCCC3)CCC1. The van der Waals surface area contributed by atoms with E-state index in [1.54, 1.807) is 0 Å². The van der Waals surface area contributed by atoms with Crippen LogP contribution in [0.2, 0.25) is 0 Å². The van der Waals surface area contributed by atoms with Gasteiger partial charge in [0.2, 0.25) is 0 Å². The highest BCUT2D eigenvalue weighted by atomic mass is 32.1. The number of alkyl halides is 3. The molecule has 0 radical (unpaired) electrons. The summed E-state index contributed by atoms with van der Waals surface area (Å²) in [5.74, 6) is -3.38. The van der Waals surface area contributed by atoms with E-state index in [1.165, 1.54) is 11.3 Å². The molecule has 0 fully saturated rings. The minimum atomic E-state index is -4.74. The summed E-state index contributed by atoms with van der Waals surface area (Å²) in [4.78, 5) is 28.5. The van der Waals surface area contributed by atoms with Gasteiger partial charge in [-0.15, -0.1) is 11.3 Å². The number of nitrogens with one attached hydrogen (secondary N) is 1. The van der Waals surface area contributed by atoms with Crippen LogP contribution in [0.15, 0.2) is 15.7 Å². The minimum absolute atomic E-state index is 0.0718. The Morgan fingerprint density at radius 3 is 2.48 bits per heavy atom. The Hall–Kier alpha value is -2.69. The van der Waals surface area contributed by atoms with Crippen molar-refractivity contribution in [2.75, 3.05) is 5.32 Å². The number of rotatable bonds is 4. The molecule has 154 valence electrons. The Labute approximate surface area is 166 Å².